The van der Waals surface area contributed by atoms with E-state index in [2.05, 4.69) is 0 Å². The molecule has 0 aromatic rings. The van der Waals surface area contributed by atoms with Crippen molar-refractivity contribution in [2.24, 2.45) is 5.92 Å². The van der Waals surface area contributed by atoms with Gasteiger partial charge in [-0.25, -0.2) is 0 Å². The standard InChI is InChI=1S/C12H23NO3S/c14-17(15,16)11-3-1-2-7-13-8-4-12(5-9-13)6-10-13/h12H,1-11H2/p+1. The first-order valence-electron chi connectivity index (χ1n) is 6.79. The lowest BCUT2D eigenvalue weighted by molar-refractivity contribution is -0.942. The Morgan fingerprint density at radius 3 is 2.12 bits per heavy atom. The number of hydrogen-bond acceptors (Lipinski definition) is 2. The van der Waals surface area contributed by atoms with Gasteiger partial charge in [-0.3, -0.25) is 4.55 Å². The summed E-state index contributed by atoms with van der Waals surface area (Å²) >= 11 is 0. The predicted octanol–water partition coefficient (Wildman–Crippen LogP) is 1.67. The smallest absolute Gasteiger partial charge is 0.264 e. The number of unbranched alkanes of at least 4 members (excludes halogenated alkanes) is 2. The van der Waals surface area contributed by atoms with Gasteiger partial charge in [-0.1, -0.05) is 0 Å². The molecule has 3 rings (SSSR count). The van der Waals surface area contributed by atoms with Gasteiger partial charge in [0.25, 0.3) is 10.1 Å². The van der Waals surface area contributed by atoms with Crippen molar-refractivity contribution < 1.29 is 17.5 Å². The lowest BCUT2D eigenvalue weighted by atomic mass is 9.85. The molecule has 0 aliphatic carbocycles. The van der Waals surface area contributed by atoms with Crippen molar-refractivity contribution in [1.82, 2.24) is 0 Å². The molecule has 0 spiro atoms. The Morgan fingerprint density at radius 2 is 1.59 bits per heavy atom. The van der Waals surface area contributed by atoms with Crippen molar-refractivity contribution in [3.63, 3.8) is 0 Å². The summed E-state index contributed by atoms with van der Waals surface area (Å²) in [7, 11) is -3.75. The molecule has 3 aliphatic heterocycles. The normalized spacial score (nSPS) is 32.9. The zero-order chi connectivity index (χ0) is 12.4. The highest BCUT2D eigenvalue weighted by atomic mass is 32.2. The lowest BCUT2D eigenvalue weighted by Gasteiger charge is -2.49. The Balaban J connectivity index is 1.65. The van der Waals surface area contributed by atoms with Gasteiger partial charge in [0, 0.05) is 0 Å². The van der Waals surface area contributed by atoms with Crippen LogP contribution in [0.15, 0.2) is 0 Å². The minimum Gasteiger partial charge on any atom is -0.324 e. The zero-order valence-electron chi connectivity index (χ0n) is 10.5. The fraction of sp³-hybridized carbons (Fsp3) is 1.00. The average Bonchev–Trinajstić information content (AvgIpc) is 2.29. The Bertz CT molecular complexity index is 331. The van der Waals surface area contributed by atoms with Crippen LogP contribution in [0.3, 0.4) is 0 Å². The van der Waals surface area contributed by atoms with Gasteiger partial charge < -0.3 is 4.48 Å². The summed E-state index contributed by atoms with van der Waals surface area (Å²) < 4.78 is 31.1. The van der Waals surface area contributed by atoms with E-state index in [-0.39, 0.29) is 5.75 Å². The molecule has 3 heterocycles. The molecule has 3 aliphatic rings. The van der Waals surface area contributed by atoms with E-state index in [4.69, 9.17) is 4.55 Å². The highest BCUT2D eigenvalue weighted by Gasteiger charge is 2.38. The highest BCUT2D eigenvalue weighted by molar-refractivity contribution is 7.85. The van der Waals surface area contributed by atoms with Crippen LogP contribution in [0.1, 0.15) is 38.5 Å². The van der Waals surface area contributed by atoms with E-state index in [0.717, 1.165) is 18.8 Å². The molecule has 1 N–H and O–H groups in total. The number of quaternary nitrogens is 1. The summed E-state index contributed by atoms with van der Waals surface area (Å²) in [5.74, 6) is 0.921. The summed E-state index contributed by atoms with van der Waals surface area (Å²) in [5.41, 5.74) is 0. The topological polar surface area (TPSA) is 54.4 Å². The van der Waals surface area contributed by atoms with Crippen LogP contribution in [0, 0.1) is 5.92 Å². The van der Waals surface area contributed by atoms with Crippen molar-refractivity contribution >= 4 is 10.1 Å². The summed E-state index contributed by atoms with van der Waals surface area (Å²) in [6.07, 6.45) is 6.80. The summed E-state index contributed by atoms with van der Waals surface area (Å²) in [5, 5.41) is 0. The Kier molecular flexibility index (Phi) is 4.10. The summed E-state index contributed by atoms with van der Waals surface area (Å²) in [4.78, 5) is 0. The van der Waals surface area contributed by atoms with E-state index >= 15 is 0 Å². The molecule has 100 valence electrons. The van der Waals surface area contributed by atoms with Crippen molar-refractivity contribution in [3.8, 4) is 0 Å². The van der Waals surface area contributed by atoms with Crippen LogP contribution in [0.2, 0.25) is 0 Å². The van der Waals surface area contributed by atoms with Gasteiger partial charge in [-0.2, -0.15) is 8.42 Å². The van der Waals surface area contributed by atoms with Crippen LogP contribution < -0.4 is 0 Å². The van der Waals surface area contributed by atoms with Crippen molar-refractivity contribution in [2.75, 3.05) is 31.9 Å². The molecule has 4 nitrogen and oxygen atoms in total. The quantitative estimate of drug-likeness (QED) is 0.450. The number of piperidine rings is 3. The Morgan fingerprint density at radius 1 is 1.00 bits per heavy atom. The molecule has 2 bridgehead atoms. The fourth-order valence-corrected chi connectivity index (χ4v) is 3.95. The van der Waals surface area contributed by atoms with Crippen molar-refractivity contribution in [2.45, 2.75) is 38.5 Å². The first-order valence-corrected chi connectivity index (χ1v) is 8.40. The minimum absolute atomic E-state index is 0.0743. The van der Waals surface area contributed by atoms with Gasteiger partial charge in [0.1, 0.15) is 0 Å². The number of fused-ring (bicyclic) bond motifs is 3. The first-order chi connectivity index (χ1) is 7.99. The van der Waals surface area contributed by atoms with Crippen LogP contribution in [-0.2, 0) is 10.1 Å². The second-order valence-electron chi connectivity index (χ2n) is 5.81. The molecule has 0 radical (unpaired) electrons. The molecule has 0 atom stereocenters. The van der Waals surface area contributed by atoms with Gasteiger partial charge in [0.15, 0.2) is 0 Å². The molecule has 0 aromatic carbocycles. The van der Waals surface area contributed by atoms with Gasteiger partial charge in [-0.15, -0.1) is 0 Å². The second kappa shape index (κ2) is 5.24. The fourth-order valence-electron chi connectivity index (χ4n) is 3.38. The molecule has 5 heteroatoms. The SMILES string of the molecule is O=S(=O)(O)CCCCC[N+]12CCC(CC1)CC2. The second-order valence-corrected chi connectivity index (χ2v) is 7.39. The third-order valence-corrected chi connectivity index (χ3v) is 5.37. The van der Waals surface area contributed by atoms with E-state index in [0.29, 0.717) is 6.42 Å². The molecule has 0 amide bonds. The number of nitrogens with zero attached hydrogens (tertiary/aromatic N) is 1. The van der Waals surface area contributed by atoms with E-state index in [1.807, 2.05) is 0 Å². The third-order valence-electron chi connectivity index (χ3n) is 4.57. The molecule has 0 aromatic heterocycles. The third kappa shape index (κ3) is 3.93. The first kappa shape index (κ1) is 13.3. The molecule has 3 fully saturated rings. The van der Waals surface area contributed by atoms with Gasteiger partial charge in [-0.05, 0) is 44.4 Å². The molecular formula is C12H24NO3S+. The largest absolute Gasteiger partial charge is 0.324 e. The van der Waals surface area contributed by atoms with Crippen molar-refractivity contribution in [3.05, 3.63) is 0 Å². The number of hydrogen-bond donors (Lipinski definition) is 1. The molecule has 17 heavy (non-hydrogen) atoms. The van der Waals surface area contributed by atoms with Gasteiger partial charge in [0.05, 0.1) is 31.9 Å². The minimum atomic E-state index is -3.75. The van der Waals surface area contributed by atoms with E-state index in [1.165, 1.54) is 49.9 Å². The van der Waals surface area contributed by atoms with E-state index < -0.39 is 10.1 Å². The Labute approximate surface area is 104 Å². The highest BCUT2D eigenvalue weighted by Crippen LogP contribution is 2.33. The van der Waals surface area contributed by atoms with Crippen LogP contribution in [-0.4, -0.2) is 49.4 Å². The monoisotopic (exact) mass is 262 g/mol. The Hall–Kier alpha value is -0.130. The number of rotatable bonds is 6. The predicted molar refractivity (Wildman–Crippen MR) is 67.3 cm³/mol. The molecular weight excluding hydrogens is 238 g/mol. The van der Waals surface area contributed by atoms with E-state index in [1.54, 1.807) is 0 Å². The van der Waals surface area contributed by atoms with Gasteiger partial charge in [0.2, 0.25) is 0 Å². The molecule has 0 saturated carbocycles. The lowest BCUT2D eigenvalue weighted by Crippen LogP contribution is -2.58. The average molecular weight is 262 g/mol. The zero-order valence-corrected chi connectivity index (χ0v) is 11.3. The van der Waals surface area contributed by atoms with Crippen LogP contribution in [0.4, 0.5) is 0 Å². The van der Waals surface area contributed by atoms with Crippen LogP contribution in [0.25, 0.3) is 0 Å². The molecule has 3 saturated heterocycles. The van der Waals surface area contributed by atoms with E-state index in [9.17, 15) is 8.42 Å². The maximum Gasteiger partial charge on any atom is 0.264 e. The maximum absolute atomic E-state index is 10.6. The van der Waals surface area contributed by atoms with Crippen LogP contribution >= 0.6 is 0 Å². The van der Waals surface area contributed by atoms with Crippen molar-refractivity contribution in [1.29, 1.82) is 0 Å². The summed E-state index contributed by atoms with van der Waals surface area (Å²) in [6.45, 7) is 5.22. The maximum atomic E-state index is 10.6. The molecule has 0 unspecified atom stereocenters. The summed E-state index contributed by atoms with van der Waals surface area (Å²) in [6, 6.07) is 0. The van der Waals surface area contributed by atoms with Gasteiger partial charge >= 0.3 is 0 Å². The van der Waals surface area contributed by atoms with Crippen LogP contribution in [0.5, 0.6) is 0 Å².